The molecule has 0 bridgehead atoms. The lowest BCUT2D eigenvalue weighted by Crippen LogP contribution is -2.40. The maximum Gasteiger partial charge on any atom is 0.317 e. The fourth-order valence-corrected chi connectivity index (χ4v) is 1.44. The number of likely N-dealkylation sites (N-methyl/N-ethyl adjacent to an activating group) is 1. The highest BCUT2D eigenvalue weighted by Crippen LogP contribution is 2.15. The molecule has 19 heavy (non-hydrogen) atoms. The fourth-order valence-electron chi connectivity index (χ4n) is 1.44. The molecule has 1 aromatic rings. The van der Waals surface area contributed by atoms with Crippen molar-refractivity contribution in [2.24, 2.45) is 0 Å². The minimum absolute atomic E-state index is 0.163. The van der Waals surface area contributed by atoms with Crippen LogP contribution in [0.4, 0.5) is 4.79 Å². The lowest BCUT2D eigenvalue weighted by molar-refractivity contribution is 0.223. The zero-order valence-electron chi connectivity index (χ0n) is 12.1. The second kappa shape index (κ2) is 7.63. The lowest BCUT2D eigenvalue weighted by atomic mass is 10.1. The largest absolute Gasteiger partial charge is 0.473 e. The zero-order chi connectivity index (χ0) is 14.3. The average molecular weight is 265 g/mol. The van der Waals surface area contributed by atoms with Crippen LogP contribution < -0.4 is 15.4 Å². The van der Waals surface area contributed by atoms with Crippen LogP contribution in [-0.4, -0.2) is 44.8 Å². The molecular formula is C14H23N3O2. The molecule has 0 heterocycles. The highest BCUT2D eigenvalue weighted by Gasteiger charge is 2.00. The summed E-state index contributed by atoms with van der Waals surface area (Å²) in [6.45, 7) is 5.67. The van der Waals surface area contributed by atoms with Gasteiger partial charge in [-0.25, -0.2) is 4.79 Å². The first-order valence-corrected chi connectivity index (χ1v) is 6.35. The molecule has 106 valence electrons. The number of hydrogen-bond acceptors (Lipinski definition) is 3. The van der Waals surface area contributed by atoms with Gasteiger partial charge in [0, 0.05) is 13.1 Å². The van der Waals surface area contributed by atoms with Crippen molar-refractivity contribution >= 4 is 6.03 Å². The first-order chi connectivity index (χ1) is 8.99. The maximum atomic E-state index is 11.4. The van der Waals surface area contributed by atoms with Gasteiger partial charge in [-0.05, 0) is 51.2 Å². The number of nitrogens with one attached hydrogen (secondary N) is 2. The van der Waals surface area contributed by atoms with E-state index in [-0.39, 0.29) is 12.8 Å². The highest BCUT2D eigenvalue weighted by molar-refractivity contribution is 5.73. The van der Waals surface area contributed by atoms with E-state index in [9.17, 15) is 4.79 Å². The van der Waals surface area contributed by atoms with Crippen molar-refractivity contribution < 1.29 is 9.53 Å². The Morgan fingerprint density at radius 1 is 1.21 bits per heavy atom. The van der Waals surface area contributed by atoms with Gasteiger partial charge in [0.1, 0.15) is 5.75 Å². The van der Waals surface area contributed by atoms with Crippen LogP contribution in [0, 0.1) is 13.8 Å². The number of rotatable bonds is 6. The molecule has 0 aliphatic heterocycles. The number of hydrogen-bond donors (Lipinski definition) is 2. The van der Waals surface area contributed by atoms with E-state index in [0.29, 0.717) is 6.54 Å². The summed E-state index contributed by atoms with van der Waals surface area (Å²) in [5.74, 6) is 0.761. The number of benzene rings is 1. The molecule has 1 aromatic carbocycles. The van der Waals surface area contributed by atoms with Crippen molar-refractivity contribution in [2.45, 2.75) is 13.8 Å². The van der Waals surface area contributed by atoms with Crippen molar-refractivity contribution in [3.63, 3.8) is 0 Å². The third kappa shape index (κ3) is 6.10. The third-order valence-corrected chi connectivity index (χ3v) is 2.79. The van der Waals surface area contributed by atoms with Crippen LogP contribution >= 0.6 is 0 Å². The summed E-state index contributed by atoms with van der Waals surface area (Å²) in [6.07, 6.45) is 0. The van der Waals surface area contributed by atoms with Gasteiger partial charge in [-0.2, -0.15) is 0 Å². The summed E-state index contributed by atoms with van der Waals surface area (Å²) >= 11 is 0. The van der Waals surface area contributed by atoms with Crippen LogP contribution in [0.25, 0.3) is 0 Å². The van der Waals surface area contributed by atoms with E-state index in [0.717, 1.165) is 12.3 Å². The zero-order valence-corrected chi connectivity index (χ0v) is 12.1. The summed E-state index contributed by atoms with van der Waals surface area (Å²) in [5.41, 5.74) is 2.40. The Morgan fingerprint density at radius 2 is 1.95 bits per heavy atom. The average Bonchev–Trinajstić information content (AvgIpc) is 2.33. The van der Waals surface area contributed by atoms with Crippen molar-refractivity contribution in [3.8, 4) is 5.75 Å². The van der Waals surface area contributed by atoms with Crippen molar-refractivity contribution in [3.05, 3.63) is 29.3 Å². The molecule has 2 N–H and O–H groups in total. The van der Waals surface area contributed by atoms with E-state index in [2.05, 4.69) is 17.6 Å². The lowest BCUT2D eigenvalue weighted by Gasteiger charge is -2.12. The maximum absolute atomic E-state index is 11.4. The normalized spacial score (nSPS) is 10.4. The fraction of sp³-hybridized carbons (Fsp3) is 0.500. The number of urea groups is 1. The Balaban J connectivity index is 2.22. The molecule has 0 aliphatic carbocycles. The van der Waals surface area contributed by atoms with Gasteiger partial charge >= 0.3 is 6.03 Å². The van der Waals surface area contributed by atoms with Gasteiger partial charge in [-0.1, -0.05) is 6.07 Å². The van der Waals surface area contributed by atoms with Gasteiger partial charge in [-0.3, -0.25) is 0 Å². The van der Waals surface area contributed by atoms with E-state index in [1.54, 1.807) is 0 Å². The predicted molar refractivity (Wildman–Crippen MR) is 76.5 cm³/mol. The predicted octanol–water partition coefficient (Wildman–Crippen LogP) is 1.50. The Hall–Kier alpha value is -1.75. The van der Waals surface area contributed by atoms with Crippen LogP contribution in [0.1, 0.15) is 11.1 Å². The molecule has 0 aromatic heterocycles. The Kier molecular flexibility index (Phi) is 6.15. The number of amides is 2. The molecule has 2 amide bonds. The summed E-state index contributed by atoms with van der Waals surface area (Å²) < 4.78 is 5.46. The molecule has 0 radical (unpaired) electrons. The molecule has 0 unspecified atom stereocenters. The SMILES string of the molecule is Cc1ccc(OCNC(=O)NCCN(C)C)cc1C. The van der Waals surface area contributed by atoms with Gasteiger partial charge in [0.05, 0.1) is 0 Å². The number of aryl methyl sites for hydroxylation is 2. The van der Waals surface area contributed by atoms with Crippen LogP contribution in [0.2, 0.25) is 0 Å². The smallest absolute Gasteiger partial charge is 0.317 e. The van der Waals surface area contributed by atoms with Crippen molar-refractivity contribution in [1.29, 1.82) is 0 Å². The molecule has 0 fully saturated rings. The Morgan fingerprint density at radius 3 is 2.58 bits per heavy atom. The summed E-state index contributed by atoms with van der Waals surface area (Å²) in [7, 11) is 3.92. The molecule has 0 saturated carbocycles. The van der Waals surface area contributed by atoms with Gasteiger partial charge in [-0.15, -0.1) is 0 Å². The van der Waals surface area contributed by atoms with E-state index in [1.165, 1.54) is 11.1 Å². The number of carbonyl (C=O) groups is 1. The third-order valence-electron chi connectivity index (χ3n) is 2.79. The first kappa shape index (κ1) is 15.3. The van der Waals surface area contributed by atoms with Gasteiger partial charge in [0.15, 0.2) is 6.73 Å². The number of nitrogens with zero attached hydrogens (tertiary/aromatic N) is 1. The van der Waals surface area contributed by atoms with Crippen LogP contribution in [-0.2, 0) is 0 Å². The second-order valence-electron chi connectivity index (χ2n) is 4.77. The Bertz CT molecular complexity index is 419. The minimum Gasteiger partial charge on any atom is -0.473 e. The van der Waals surface area contributed by atoms with Crippen LogP contribution in [0.3, 0.4) is 0 Å². The standard InChI is InChI=1S/C14H23N3O2/c1-11-5-6-13(9-12(11)2)19-10-16-14(18)15-7-8-17(3)4/h5-6,9H,7-8,10H2,1-4H3,(H2,15,16,18). The number of carbonyl (C=O) groups excluding carboxylic acids is 1. The van der Waals surface area contributed by atoms with Gasteiger partial charge in [0.2, 0.25) is 0 Å². The molecular weight excluding hydrogens is 242 g/mol. The molecule has 0 saturated heterocycles. The Labute approximate surface area is 114 Å². The molecule has 1 rings (SSSR count). The summed E-state index contributed by atoms with van der Waals surface area (Å²) in [6, 6.07) is 5.64. The molecule has 5 nitrogen and oxygen atoms in total. The van der Waals surface area contributed by atoms with Crippen LogP contribution in [0.15, 0.2) is 18.2 Å². The van der Waals surface area contributed by atoms with E-state index >= 15 is 0 Å². The summed E-state index contributed by atoms with van der Waals surface area (Å²) in [4.78, 5) is 13.4. The minimum atomic E-state index is -0.217. The summed E-state index contributed by atoms with van der Waals surface area (Å²) in [5, 5.41) is 5.40. The van der Waals surface area contributed by atoms with Gasteiger partial charge < -0.3 is 20.3 Å². The second-order valence-corrected chi connectivity index (χ2v) is 4.77. The molecule has 5 heteroatoms. The van der Waals surface area contributed by atoms with Crippen molar-refractivity contribution in [2.75, 3.05) is 33.9 Å². The number of ether oxygens (including phenoxy) is 1. The molecule has 0 aliphatic rings. The van der Waals surface area contributed by atoms with Crippen LogP contribution in [0.5, 0.6) is 5.75 Å². The van der Waals surface area contributed by atoms with E-state index < -0.39 is 0 Å². The monoisotopic (exact) mass is 265 g/mol. The highest BCUT2D eigenvalue weighted by atomic mass is 16.5. The first-order valence-electron chi connectivity index (χ1n) is 6.35. The molecule has 0 atom stereocenters. The van der Waals surface area contributed by atoms with E-state index in [4.69, 9.17) is 4.74 Å². The van der Waals surface area contributed by atoms with Crippen molar-refractivity contribution in [1.82, 2.24) is 15.5 Å². The van der Waals surface area contributed by atoms with Gasteiger partial charge in [0.25, 0.3) is 0 Å². The topological polar surface area (TPSA) is 53.6 Å². The quantitative estimate of drug-likeness (QED) is 0.766. The van der Waals surface area contributed by atoms with E-state index in [1.807, 2.05) is 44.1 Å². The molecule has 0 spiro atoms.